The molecule has 0 saturated carbocycles. The minimum Gasteiger partial charge on any atom is -0.481 e. The van der Waals surface area contributed by atoms with Crippen molar-refractivity contribution in [3.05, 3.63) is 6.07 Å². The lowest BCUT2D eigenvalue weighted by molar-refractivity contribution is -0.121. The molecule has 3 N–H and O–H groups in total. The van der Waals surface area contributed by atoms with Crippen LogP contribution in [0.5, 0.6) is 11.8 Å². The molecule has 0 spiro atoms. The van der Waals surface area contributed by atoms with Crippen molar-refractivity contribution in [2.45, 2.75) is 12.0 Å². The number of hydrogen-bond acceptors (Lipinski definition) is 7. The van der Waals surface area contributed by atoms with E-state index in [-0.39, 0.29) is 30.2 Å². The van der Waals surface area contributed by atoms with Crippen molar-refractivity contribution in [2.75, 3.05) is 32.8 Å². The van der Waals surface area contributed by atoms with Crippen molar-refractivity contribution >= 4 is 11.9 Å². The van der Waals surface area contributed by atoms with Crippen LogP contribution in [0.2, 0.25) is 0 Å². The van der Waals surface area contributed by atoms with Gasteiger partial charge in [0.25, 0.3) is 0 Å². The second kappa shape index (κ2) is 5.37. The number of rotatable bonds is 4. The van der Waals surface area contributed by atoms with E-state index in [2.05, 4.69) is 15.3 Å². The Morgan fingerprint density at radius 1 is 1.42 bits per heavy atom. The van der Waals surface area contributed by atoms with Crippen LogP contribution in [0.3, 0.4) is 0 Å². The van der Waals surface area contributed by atoms with Crippen LogP contribution >= 0.6 is 0 Å². The molecule has 1 saturated heterocycles. The normalized spacial score (nSPS) is 22.1. The maximum absolute atomic E-state index is 12.1. The van der Waals surface area contributed by atoms with Crippen LogP contribution in [0.15, 0.2) is 6.07 Å². The highest BCUT2D eigenvalue weighted by Crippen LogP contribution is 2.20. The molecule has 1 aliphatic rings. The molecular weight excluding hydrogens is 252 g/mol. The summed E-state index contributed by atoms with van der Waals surface area (Å²) in [6, 6.07) is 1.51. The Balaban J connectivity index is 2.16. The predicted octanol–water partition coefficient (Wildman–Crippen LogP) is -0.450. The monoisotopic (exact) mass is 268 g/mol. The fourth-order valence-electron chi connectivity index (χ4n) is 1.65. The minimum absolute atomic E-state index is 0.0814. The Morgan fingerprint density at radius 2 is 2.05 bits per heavy atom. The summed E-state index contributed by atoms with van der Waals surface area (Å²) in [5.74, 6) is 0.269. The first-order chi connectivity index (χ1) is 9.07. The molecule has 0 aromatic carbocycles. The highest BCUT2D eigenvalue weighted by Gasteiger charge is 2.38. The van der Waals surface area contributed by atoms with Gasteiger partial charge in [0.15, 0.2) is 0 Å². The van der Waals surface area contributed by atoms with Crippen LogP contribution in [0, 0.1) is 0 Å². The van der Waals surface area contributed by atoms with Crippen LogP contribution in [-0.4, -0.2) is 48.8 Å². The molecule has 0 radical (unpaired) electrons. The van der Waals surface area contributed by atoms with Crippen molar-refractivity contribution in [1.82, 2.24) is 9.97 Å². The van der Waals surface area contributed by atoms with E-state index in [0.717, 1.165) is 0 Å². The summed E-state index contributed by atoms with van der Waals surface area (Å²) in [6.07, 6.45) is 0.458. The molecule has 1 atom stereocenters. The molecular formula is C11H16N4O4. The largest absolute Gasteiger partial charge is 0.481 e. The minimum atomic E-state index is -1.04. The lowest BCUT2D eigenvalue weighted by Gasteiger charge is -2.19. The summed E-state index contributed by atoms with van der Waals surface area (Å²) < 4.78 is 15.1. The number of nitrogens with zero attached hydrogens (tertiary/aromatic N) is 2. The summed E-state index contributed by atoms with van der Waals surface area (Å²) >= 11 is 0. The maximum atomic E-state index is 12.1. The molecule has 2 heterocycles. The van der Waals surface area contributed by atoms with E-state index in [1.54, 1.807) is 0 Å². The number of amides is 1. The average Bonchev–Trinajstić information content (AvgIpc) is 2.86. The number of anilines is 1. The number of carbonyl (C=O) groups excluding carboxylic acids is 1. The lowest BCUT2D eigenvalue weighted by atomic mass is 9.99. The maximum Gasteiger partial charge on any atom is 0.249 e. The molecule has 1 unspecified atom stereocenters. The summed E-state index contributed by atoms with van der Waals surface area (Å²) in [4.78, 5) is 20.1. The lowest BCUT2D eigenvalue weighted by Crippen LogP contribution is -2.51. The van der Waals surface area contributed by atoms with E-state index < -0.39 is 5.54 Å². The van der Waals surface area contributed by atoms with Gasteiger partial charge in [-0.3, -0.25) is 10.1 Å². The van der Waals surface area contributed by atoms with Crippen molar-refractivity contribution in [2.24, 2.45) is 5.73 Å². The third-order valence-corrected chi connectivity index (χ3v) is 2.83. The zero-order chi connectivity index (χ0) is 13.9. The topological polar surface area (TPSA) is 109 Å². The first kappa shape index (κ1) is 13.5. The average molecular weight is 268 g/mol. The third-order valence-electron chi connectivity index (χ3n) is 2.83. The Hall–Kier alpha value is -1.93. The first-order valence-corrected chi connectivity index (χ1v) is 5.72. The van der Waals surface area contributed by atoms with Gasteiger partial charge in [-0.25, -0.2) is 0 Å². The summed E-state index contributed by atoms with van der Waals surface area (Å²) in [6.45, 7) is 0.645. The molecule has 1 aliphatic heterocycles. The molecule has 8 nitrogen and oxygen atoms in total. The molecule has 104 valence electrons. The number of aromatic nitrogens is 2. The van der Waals surface area contributed by atoms with Gasteiger partial charge in [0.2, 0.25) is 23.6 Å². The summed E-state index contributed by atoms with van der Waals surface area (Å²) in [5.41, 5.74) is 4.89. The summed E-state index contributed by atoms with van der Waals surface area (Å²) in [5, 5.41) is 2.55. The predicted molar refractivity (Wildman–Crippen MR) is 66.1 cm³/mol. The zero-order valence-electron chi connectivity index (χ0n) is 10.8. The van der Waals surface area contributed by atoms with Gasteiger partial charge in [0, 0.05) is 6.61 Å². The van der Waals surface area contributed by atoms with E-state index in [9.17, 15) is 4.79 Å². The van der Waals surface area contributed by atoms with Crippen molar-refractivity contribution in [1.29, 1.82) is 0 Å². The molecule has 8 heteroatoms. The van der Waals surface area contributed by atoms with Crippen LogP contribution in [0.25, 0.3) is 0 Å². The molecule has 1 aromatic rings. The highest BCUT2D eigenvalue weighted by atomic mass is 16.5. The smallest absolute Gasteiger partial charge is 0.249 e. The van der Waals surface area contributed by atoms with Crippen molar-refractivity contribution < 1.29 is 19.0 Å². The van der Waals surface area contributed by atoms with E-state index in [0.29, 0.717) is 13.0 Å². The second-order valence-corrected chi connectivity index (χ2v) is 4.19. The molecule has 2 rings (SSSR count). The molecule has 1 amide bonds. The van der Waals surface area contributed by atoms with Crippen LogP contribution in [0.4, 0.5) is 5.95 Å². The molecule has 0 bridgehead atoms. The quantitative estimate of drug-likeness (QED) is 0.761. The molecule has 1 aromatic heterocycles. The van der Waals surface area contributed by atoms with Gasteiger partial charge in [-0.05, 0) is 6.42 Å². The van der Waals surface area contributed by atoms with Gasteiger partial charge in [0.05, 0.1) is 26.9 Å². The standard InChI is InChI=1S/C11H16N4O4/c1-17-7-5-8(18-2)14-10(13-7)15-9(16)11(12)3-4-19-6-11/h5H,3-4,6,12H2,1-2H3,(H,13,14,15,16). The Kier molecular flexibility index (Phi) is 3.82. The number of carbonyl (C=O) groups is 1. The fourth-order valence-corrected chi connectivity index (χ4v) is 1.65. The van der Waals surface area contributed by atoms with Gasteiger partial charge in [0.1, 0.15) is 5.54 Å². The van der Waals surface area contributed by atoms with Crippen LogP contribution in [0.1, 0.15) is 6.42 Å². The van der Waals surface area contributed by atoms with E-state index in [1.165, 1.54) is 20.3 Å². The number of nitrogens with one attached hydrogen (secondary N) is 1. The van der Waals surface area contributed by atoms with Gasteiger partial charge in [-0.1, -0.05) is 0 Å². The number of ether oxygens (including phenoxy) is 3. The molecule has 19 heavy (non-hydrogen) atoms. The van der Waals surface area contributed by atoms with Gasteiger partial charge >= 0.3 is 0 Å². The molecule has 0 aliphatic carbocycles. The SMILES string of the molecule is COc1cc(OC)nc(NC(=O)C2(N)CCOC2)n1. The van der Waals surface area contributed by atoms with Gasteiger partial charge < -0.3 is 19.9 Å². The Bertz CT molecular complexity index is 452. The van der Waals surface area contributed by atoms with E-state index >= 15 is 0 Å². The first-order valence-electron chi connectivity index (χ1n) is 5.72. The van der Waals surface area contributed by atoms with Crippen LogP contribution in [-0.2, 0) is 9.53 Å². The third kappa shape index (κ3) is 2.91. The Labute approximate surface area is 110 Å². The number of nitrogens with two attached hydrogens (primary N) is 1. The molecule has 1 fully saturated rings. The zero-order valence-corrected chi connectivity index (χ0v) is 10.8. The van der Waals surface area contributed by atoms with Crippen LogP contribution < -0.4 is 20.5 Å². The highest BCUT2D eigenvalue weighted by molar-refractivity contribution is 5.97. The fraction of sp³-hybridized carbons (Fsp3) is 0.545. The number of hydrogen-bond donors (Lipinski definition) is 2. The number of methoxy groups -OCH3 is 2. The second-order valence-electron chi connectivity index (χ2n) is 4.19. The Morgan fingerprint density at radius 3 is 2.53 bits per heavy atom. The van der Waals surface area contributed by atoms with Gasteiger partial charge in [-0.2, -0.15) is 9.97 Å². The van der Waals surface area contributed by atoms with E-state index in [1.807, 2.05) is 0 Å². The summed E-state index contributed by atoms with van der Waals surface area (Å²) in [7, 11) is 2.92. The van der Waals surface area contributed by atoms with Gasteiger partial charge in [-0.15, -0.1) is 0 Å². The van der Waals surface area contributed by atoms with Crippen molar-refractivity contribution in [3.63, 3.8) is 0 Å². The van der Waals surface area contributed by atoms with Crippen molar-refractivity contribution in [3.8, 4) is 11.8 Å². The van der Waals surface area contributed by atoms with E-state index in [4.69, 9.17) is 19.9 Å².